The third-order valence-electron chi connectivity index (χ3n) is 6.00. The van der Waals surface area contributed by atoms with Gasteiger partial charge in [0.2, 0.25) is 5.91 Å². The van der Waals surface area contributed by atoms with Gasteiger partial charge in [0.25, 0.3) is 0 Å². The lowest BCUT2D eigenvalue weighted by Crippen LogP contribution is -2.53. The number of phenols is 1. The first-order valence-electron chi connectivity index (χ1n) is 10.2. The second-order valence-corrected chi connectivity index (χ2v) is 8.16. The summed E-state index contributed by atoms with van der Waals surface area (Å²) >= 11 is 0. The Hall–Kier alpha value is -3.18. The van der Waals surface area contributed by atoms with Crippen LogP contribution in [0.5, 0.6) is 5.75 Å². The van der Waals surface area contributed by atoms with Crippen molar-refractivity contribution < 1.29 is 9.90 Å². The third-order valence-corrected chi connectivity index (χ3v) is 6.00. The van der Waals surface area contributed by atoms with Crippen LogP contribution in [0.3, 0.4) is 0 Å². The SMILES string of the molecule is CC(=O)N1CCN([C@@H]2CCCN(C)C2)c2nnc(-c3c(C)cc(C#N)cc3O)cc21. The smallest absolute Gasteiger partial charge is 0.224 e. The van der Waals surface area contributed by atoms with E-state index in [2.05, 4.69) is 27.0 Å². The Labute approximate surface area is 176 Å². The maximum atomic E-state index is 12.3. The van der Waals surface area contributed by atoms with Crippen molar-refractivity contribution in [2.75, 3.05) is 43.0 Å². The first-order chi connectivity index (χ1) is 14.4. The van der Waals surface area contributed by atoms with Crippen LogP contribution in [0.4, 0.5) is 11.5 Å². The summed E-state index contributed by atoms with van der Waals surface area (Å²) in [4.78, 5) is 18.7. The average molecular weight is 406 g/mol. The van der Waals surface area contributed by atoms with Crippen LogP contribution < -0.4 is 9.80 Å². The molecule has 156 valence electrons. The van der Waals surface area contributed by atoms with E-state index < -0.39 is 0 Å². The summed E-state index contributed by atoms with van der Waals surface area (Å²) in [5.74, 6) is 0.652. The maximum absolute atomic E-state index is 12.3. The highest BCUT2D eigenvalue weighted by Gasteiger charge is 2.33. The molecule has 1 atom stereocenters. The number of fused-ring (bicyclic) bond motifs is 1. The summed E-state index contributed by atoms with van der Waals surface area (Å²) in [5.41, 5.74) is 2.86. The average Bonchev–Trinajstić information content (AvgIpc) is 2.72. The molecule has 1 aromatic carbocycles. The van der Waals surface area contributed by atoms with Gasteiger partial charge >= 0.3 is 0 Å². The summed E-state index contributed by atoms with van der Waals surface area (Å²) in [6, 6.07) is 7.35. The molecule has 1 saturated heterocycles. The standard InChI is InChI=1S/C22H26N6O2/c1-14-9-16(12-23)10-20(30)21(14)18-11-19-22(25-24-18)28(8-7-27(19)15(2)29)17-5-4-6-26(3)13-17/h9-11,17,30H,4-8,13H2,1-3H3/t17-/m1/s1. The fraction of sp³-hybridized carbons (Fsp3) is 0.455. The van der Waals surface area contributed by atoms with Crippen molar-refractivity contribution in [2.24, 2.45) is 0 Å². The Morgan fingerprint density at radius 1 is 1.23 bits per heavy atom. The van der Waals surface area contributed by atoms with Crippen LogP contribution in [-0.2, 0) is 4.79 Å². The largest absolute Gasteiger partial charge is 0.507 e. The highest BCUT2D eigenvalue weighted by Crippen LogP contribution is 2.39. The predicted octanol–water partition coefficient (Wildman–Crippen LogP) is 2.30. The quantitative estimate of drug-likeness (QED) is 0.817. The van der Waals surface area contributed by atoms with Crippen LogP contribution in [0.15, 0.2) is 18.2 Å². The van der Waals surface area contributed by atoms with Gasteiger partial charge in [-0.05, 0) is 57.1 Å². The van der Waals surface area contributed by atoms with Crippen LogP contribution in [0.1, 0.15) is 30.9 Å². The number of nitrogens with zero attached hydrogens (tertiary/aromatic N) is 6. The number of aromatic hydroxyl groups is 1. The van der Waals surface area contributed by atoms with Crippen molar-refractivity contribution in [2.45, 2.75) is 32.7 Å². The van der Waals surface area contributed by atoms with Gasteiger partial charge in [0.1, 0.15) is 5.75 Å². The molecule has 3 heterocycles. The predicted molar refractivity (Wildman–Crippen MR) is 114 cm³/mol. The molecule has 8 nitrogen and oxygen atoms in total. The number of anilines is 2. The highest BCUT2D eigenvalue weighted by molar-refractivity contribution is 5.96. The molecule has 1 amide bonds. The molecule has 0 bridgehead atoms. The normalized spacial score (nSPS) is 19.3. The first-order valence-corrected chi connectivity index (χ1v) is 10.2. The number of rotatable bonds is 2. The van der Waals surface area contributed by atoms with Gasteiger partial charge in [0, 0.05) is 38.2 Å². The number of benzene rings is 1. The van der Waals surface area contributed by atoms with Gasteiger partial charge in [-0.1, -0.05) is 0 Å². The number of hydrogen-bond donors (Lipinski definition) is 1. The zero-order valence-corrected chi connectivity index (χ0v) is 17.6. The Bertz CT molecular complexity index is 1010. The molecule has 30 heavy (non-hydrogen) atoms. The zero-order valence-electron chi connectivity index (χ0n) is 17.6. The van der Waals surface area contributed by atoms with Crippen molar-refractivity contribution in [3.05, 3.63) is 29.3 Å². The van der Waals surface area contributed by atoms with Crippen LogP contribution in [0.25, 0.3) is 11.3 Å². The van der Waals surface area contributed by atoms with Gasteiger partial charge in [0.05, 0.1) is 23.0 Å². The number of aryl methyl sites for hydroxylation is 1. The Morgan fingerprint density at radius 3 is 2.70 bits per heavy atom. The van der Waals surface area contributed by atoms with Crippen LogP contribution in [0.2, 0.25) is 0 Å². The number of nitriles is 1. The van der Waals surface area contributed by atoms with E-state index in [1.54, 1.807) is 17.9 Å². The molecule has 1 aromatic heterocycles. The number of aromatic nitrogens is 2. The fourth-order valence-electron chi connectivity index (χ4n) is 4.58. The van der Waals surface area contributed by atoms with Gasteiger partial charge in [-0.3, -0.25) is 4.79 Å². The maximum Gasteiger partial charge on any atom is 0.224 e. The zero-order chi connectivity index (χ0) is 21.4. The van der Waals surface area contributed by atoms with E-state index in [1.165, 1.54) is 6.07 Å². The molecule has 0 saturated carbocycles. The van der Waals surface area contributed by atoms with Gasteiger partial charge in [-0.2, -0.15) is 5.26 Å². The molecular formula is C22H26N6O2. The van der Waals surface area contributed by atoms with Crippen LogP contribution in [-0.4, -0.2) is 65.4 Å². The third kappa shape index (κ3) is 3.57. The van der Waals surface area contributed by atoms with E-state index in [0.717, 1.165) is 43.7 Å². The molecule has 2 aromatic rings. The lowest BCUT2D eigenvalue weighted by molar-refractivity contribution is -0.116. The Morgan fingerprint density at radius 2 is 2.03 bits per heavy atom. The van der Waals surface area contributed by atoms with Gasteiger partial charge in [-0.25, -0.2) is 0 Å². The minimum atomic E-state index is -0.0450. The van der Waals surface area contributed by atoms with Crippen molar-refractivity contribution in [3.8, 4) is 23.1 Å². The first kappa shape index (κ1) is 20.1. The molecule has 8 heteroatoms. The fourth-order valence-corrected chi connectivity index (χ4v) is 4.58. The van der Waals surface area contributed by atoms with Crippen molar-refractivity contribution in [1.29, 1.82) is 5.26 Å². The molecule has 4 rings (SSSR count). The monoisotopic (exact) mass is 406 g/mol. The van der Waals surface area contributed by atoms with E-state index in [1.807, 2.05) is 19.1 Å². The van der Waals surface area contributed by atoms with Crippen molar-refractivity contribution in [1.82, 2.24) is 15.1 Å². The summed E-state index contributed by atoms with van der Waals surface area (Å²) in [5, 5.41) is 28.6. The number of carbonyl (C=O) groups is 1. The molecule has 2 aliphatic heterocycles. The molecule has 2 aliphatic rings. The highest BCUT2D eigenvalue weighted by atomic mass is 16.3. The van der Waals surface area contributed by atoms with Crippen molar-refractivity contribution in [3.63, 3.8) is 0 Å². The Balaban J connectivity index is 1.79. The van der Waals surface area contributed by atoms with E-state index in [4.69, 9.17) is 5.26 Å². The van der Waals surface area contributed by atoms with Crippen molar-refractivity contribution >= 4 is 17.4 Å². The Kier molecular flexibility index (Phi) is 5.31. The van der Waals surface area contributed by atoms with E-state index in [-0.39, 0.29) is 11.7 Å². The number of likely N-dealkylation sites (N-methyl/N-ethyl adjacent to an activating group) is 1. The lowest BCUT2D eigenvalue weighted by atomic mass is 10.00. The molecule has 0 aliphatic carbocycles. The number of amides is 1. The summed E-state index contributed by atoms with van der Waals surface area (Å²) in [6.07, 6.45) is 2.22. The molecule has 1 fully saturated rings. The minimum Gasteiger partial charge on any atom is -0.507 e. The van der Waals surface area contributed by atoms with Gasteiger partial charge < -0.3 is 19.8 Å². The van der Waals surface area contributed by atoms with Crippen LogP contribution in [0, 0.1) is 18.3 Å². The topological polar surface area (TPSA) is 96.6 Å². The van der Waals surface area contributed by atoms with Gasteiger partial charge in [-0.15, -0.1) is 10.2 Å². The molecule has 0 spiro atoms. The molecule has 0 unspecified atom stereocenters. The summed E-state index contributed by atoms with van der Waals surface area (Å²) in [7, 11) is 2.13. The molecule has 1 N–H and O–H groups in total. The summed E-state index contributed by atoms with van der Waals surface area (Å²) < 4.78 is 0. The van der Waals surface area contributed by atoms with E-state index in [0.29, 0.717) is 35.2 Å². The second kappa shape index (κ2) is 7.92. The van der Waals surface area contributed by atoms with E-state index in [9.17, 15) is 9.90 Å². The number of likely N-dealkylation sites (tertiary alicyclic amines) is 1. The van der Waals surface area contributed by atoms with Crippen LogP contribution >= 0.6 is 0 Å². The number of carbonyl (C=O) groups excluding carboxylic acids is 1. The minimum absolute atomic E-state index is 0.0169. The summed E-state index contributed by atoms with van der Waals surface area (Å²) in [6.45, 7) is 6.74. The number of hydrogen-bond acceptors (Lipinski definition) is 7. The number of phenolic OH excluding ortho intramolecular Hbond substituents is 1. The number of piperidine rings is 1. The van der Waals surface area contributed by atoms with E-state index >= 15 is 0 Å². The van der Waals surface area contributed by atoms with Gasteiger partial charge in [0.15, 0.2) is 5.82 Å². The lowest BCUT2D eigenvalue weighted by Gasteiger charge is -2.43. The molecular weight excluding hydrogens is 380 g/mol. The second-order valence-electron chi connectivity index (χ2n) is 8.16. The molecule has 0 radical (unpaired) electrons.